The molecule has 7 nitrogen and oxygen atoms in total. The fraction of sp³-hybridized carbons (Fsp3) is 0.647. The van der Waals surface area contributed by atoms with Crippen LogP contribution in [0.15, 0.2) is 23.3 Å². The molecule has 1 aromatic rings. The average molecular weight is 336 g/mol. The molecule has 7 heteroatoms. The minimum absolute atomic E-state index is 0.111. The maximum absolute atomic E-state index is 5.79. The predicted molar refractivity (Wildman–Crippen MR) is 93.4 cm³/mol. The quantitative estimate of drug-likeness (QED) is 0.424. The molecular weight excluding hydrogens is 308 g/mol. The Morgan fingerprint density at radius 1 is 1.42 bits per heavy atom. The van der Waals surface area contributed by atoms with Crippen molar-refractivity contribution in [3.8, 4) is 5.88 Å². The number of pyridine rings is 1. The third-order valence-corrected chi connectivity index (χ3v) is 3.98. The van der Waals surface area contributed by atoms with E-state index in [-0.39, 0.29) is 5.60 Å². The van der Waals surface area contributed by atoms with Crippen molar-refractivity contribution in [2.75, 3.05) is 40.5 Å². The summed E-state index contributed by atoms with van der Waals surface area (Å²) in [6.45, 7) is 5.28. The largest absolute Gasteiger partial charge is 0.475 e. The smallest absolute Gasteiger partial charge is 0.218 e. The van der Waals surface area contributed by atoms with Crippen molar-refractivity contribution >= 4 is 5.96 Å². The van der Waals surface area contributed by atoms with Crippen LogP contribution in [0.5, 0.6) is 5.88 Å². The Labute approximate surface area is 143 Å². The van der Waals surface area contributed by atoms with E-state index in [1.807, 2.05) is 12.1 Å². The van der Waals surface area contributed by atoms with Crippen molar-refractivity contribution in [2.45, 2.75) is 31.9 Å². The lowest BCUT2D eigenvalue weighted by Crippen LogP contribution is -2.45. The molecule has 0 bridgehead atoms. The molecule has 1 aliphatic rings. The zero-order chi connectivity index (χ0) is 17.3. The van der Waals surface area contributed by atoms with Gasteiger partial charge in [-0.25, -0.2) is 4.98 Å². The van der Waals surface area contributed by atoms with Crippen LogP contribution in [0.1, 0.15) is 25.3 Å². The van der Waals surface area contributed by atoms with E-state index < -0.39 is 0 Å². The number of aliphatic imine (C=N–C) groups is 1. The van der Waals surface area contributed by atoms with Crippen molar-refractivity contribution in [3.63, 3.8) is 0 Å². The Kier molecular flexibility index (Phi) is 7.27. The molecule has 1 aromatic heterocycles. The Bertz CT molecular complexity index is 530. The molecular formula is C17H28N4O3. The Morgan fingerprint density at radius 2 is 2.29 bits per heavy atom. The molecule has 24 heavy (non-hydrogen) atoms. The van der Waals surface area contributed by atoms with Gasteiger partial charge in [0.25, 0.3) is 0 Å². The highest BCUT2D eigenvalue weighted by Crippen LogP contribution is 2.23. The van der Waals surface area contributed by atoms with Crippen LogP contribution in [0.25, 0.3) is 0 Å². The zero-order valence-electron chi connectivity index (χ0n) is 14.8. The van der Waals surface area contributed by atoms with Crippen molar-refractivity contribution in [1.82, 2.24) is 15.6 Å². The van der Waals surface area contributed by atoms with Gasteiger partial charge in [-0.15, -0.1) is 0 Å². The van der Waals surface area contributed by atoms with E-state index in [4.69, 9.17) is 14.2 Å². The minimum atomic E-state index is -0.111. The fourth-order valence-electron chi connectivity index (χ4n) is 2.56. The fourth-order valence-corrected chi connectivity index (χ4v) is 2.56. The highest BCUT2D eigenvalue weighted by molar-refractivity contribution is 5.79. The first-order valence-corrected chi connectivity index (χ1v) is 8.31. The van der Waals surface area contributed by atoms with Gasteiger partial charge in [-0.3, -0.25) is 4.99 Å². The molecule has 1 aliphatic heterocycles. The first-order valence-electron chi connectivity index (χ1n) is 8.31. The third kappa shape index (κ3) is 5.65. The Hall–Kier alpha value is -1.86. The molecule has 1 fully saturated rings. The van der Waals surface area contributed by atoms with E-state index in [0.29, 0.717) is 25.6 Å². The van der Waals surface area contributed by atoms with Crippen LogP contribution in [0.2, 0.25) is 0 Å². The maximum atomic E-state index is 5.79. The summed E-state index contributed by atoms with van der Waals surface area (Å²) in [5.74, 6) is 1.35. The van der Waals surface area contributed by atoms with Crippen LogP contribution in [0.4, 0.5) is 0 Å². The topological polar surface area (TPSA) is 77.0 Å². The Balaban J connectivity index is 1.84. The van der Waals surface area contributed by atoms with Crippen LogP contribution in [0, 0.1) is 0 Å². The van der Waals surface area contributed by atoms with E-state index in [1.165, 1.54) is 0 Å². The van der Waals surface area contributed by atoms with E-state index in [1.54, 1.807) is 20.4 Å². The predicted octanol–water partition coefficient (Wildman–Crippen LogP) is 1.34. The van der Waals surface area contributed by atoms with Gasteiger partial charge in [0.15, 0.2) is 5.96 Å². The van der Waals surface area contributed by atoms with Gasteiger partial charge in [-0.05, 0) is 25.8 Å². The molecule has 0 aliphatic carbocycles. The molecule has 2 N–H and O–H groups in total. The van der Waals surface area contributed by atoms with Crippen LogP contribution >= 0.6 is 0 Å². The van der Waals surface area contributed by atoms with Gasteiger partial charge in [0, 0.05) is 45.6 Å². The van der Waals surface area contributed by atoms with Crippen molar-refractivity contribution in [1.29, 1.82) is 0 Å². The second-order valence-corrected chi connectivity index (χ2v) is 5.99. The molecule has 0 amide bonds. The minimum Gasteiger partial charge on any atom is -0.475 e. The van der Waals surface area contributed by atoms with Gasteiger partial charge in [-0.1, -0.05) is 6.07 Å². The number of rotatable bonds is 8. The number of hydrogen-bond acceptors (Lipinski definition) is 5. The van der Waals surface area contributed by atoms with Crippen LogP contribution in [-0.2, 0) is 16.0 Å². The summed E-state index contributed by atoms with van der Waals surface area (Å²) in [6.07, 6.45) is 3.90. The molecule has 0 aromatic carbocycles. The van der Waals surface area contributed by atoms with E-state index in [2.05, 4.69) is 27.5 Å². The van der Waals surface area contributed by atoms with Crippen molar-refractivity contribution < 1.29 is 14.2 Å². The number of hydrogen-bond donors (Lipinski definition) is 2. The normalized spacial score (nSPS) is 20.9. The van der Waals surface area contributed by atoms with E-state index in [9.17, 15) is 0 Å². The summed E-state index contributed by atoms with van der Waals surface area (Å²) >= 11 is 0. The summed E-state index contributed by atoms with van der Waals surface area (Å²) in [4.78, 5) is 8.53. The van der Waals surface area contributed by atoms with Gasteiger partial charge in [-0.2, -0.15) is 0 Å². The van der Waals surface area contributed by atoms with E-state index >= 15 is 0 Å². The summed E-state index contributed by atoms with van der Waals surface area (Å²) in [5.41, 5.74) is 0.861. The zero-order valence-corrected chi connectivity index (χ0v) is 14.8. The molecule has 1 saturated heterocycles. The summed E-state index contributed by atoms with van der Waals surface area (Å²) in [6, 6.07) is 3.88. The van der Waals surface area contributed by atoms with Crippen LogP contribution in [0.3, 0.4) is 0 Å². The first-order chi connectivity index (χ1) is 11.7. The second-order valence-electron chi connectivity index (χ2n) is 5.99. The lowest BCUT2D eigenvalue weighted by Gasteiger charge is -2.24. The second kappa shape index (κ2) is 9.44. The number of guanidine groups is 1. The lowest BCUT2D eigenvalue weighted by molar-refractivity contribution is 0.0243. The van der Waals surface area contributed by atoms with Gasteiger partial charge in [0.2, 0.25) is 5.88 Å². The summed E-state index contributed by atoms with van der Waals surface area (Å²) < 4.78 is 16.4. The molecule has 1 unspecified atom stereocenters. The monoisotopic (exact) mass is 336 g/mol. The van der Waals surface area contributed by atoms with Gasteiger partial charge in [0.05, 0.1) is 12.2 Å². The molecule has 0 spiro atoms. The number of ether oxygens (including phenoxy) is 3. The molecule has 0 saturated carbocycles. The molecule has 0 radical (unpaired) electrons. The molecule has 1 atom stereocenters. The maximum Gasteiger partial charge on any atom is 0.218 e. The van der Waals surface area contributed by atoms with Crippen LogP contribution in [-0.4, -0.2) is 57.1 Å². The lowest BCUT2D eigenvalue weighted by atomic mass is 10.0. The number of methoxy groups -OCH3 is 1. The van der Waals surface area contributed by atoms with Crippen molar-refractivity contribution in [2.24, 2.45) is 4.99 Å². The van der Waals surface area contributed by atoms with Crippen molar-refractivity contribution in [3.05, 3.63) is 23.9 Å². The Morgan fingerprint density at radius 3 is 3.00 bits per heavy atom. The highest BCUT2D eigenvalue weighted by Gasteiger charge is 2.29. The van der Waals surface area contributed by atoms with Gasteiger partial charge >= 0.3 is 0 Å². The number of nitrogens with one attached hydrogen (secondary N) is 2. The third-order valence-electron chi connectivity index (χ3n) is 3.98. The van der Waals surface area contributed by atoms with Gasteiger partial charge in [0.1, 0.15) is 6.61 Å². The average Bonchev–Trinajstić information content (AvgIpc) is 3.03. The number of aromatic nitrogens is 1. The first kappa shape index (κ1) is 18.5. The van der Waals surface area contributed by atoms with Gasteiger partial charge < -0.3 is 24.8 Å². The summed E-state index contributed by atoms with van der Waals surface area (Å²) in [7, 11) is 3.40. The molecule has 134 valence electrons. The standard InChI is InChI=1S/C17H28N4O3/c1-17(7-5-9-24-17)13-21-16(18-2)20-12-14-6-4-8-19-15(14)23-11-10-22-3/h4,6,8H,5,7,9-13H2,1-3H3,(H2,18,20,21). The number of nitrogens with zero attached hydrogens (tertiary/aromatic N) is 2. The SMILES string of the molecule is CN=C(NCc1cccnc1OCCOC)NCC1(C)CCCO1. The van der Waals surface area contributed by atoms with E-state index in [0.717, 1.165) is 37.5 Å². The molecule has 2 rings (SSSR count). The van der Waals surface area contributed by atoms with Crippen LogP contribution < -0.4 is 15.4 Å². The molecule has 2 heterocycles. The summed E-state index contributed by atoms with van der Waals surface area (Å²) in [5, 5.41) is 6.62. The highest BCUT2D eigenvalue weighted by atomic mass is 16.5.